The van der Waals surface area contributed by atoms with Gasteiger partial charge < -0.3 is 21.3 Å². The monoisotopic (exact) mass is 514 g/mol. The molecule has 0 aromatic heterocycles. The molecule has 5 N–H and O–H groups in total. The van der Waals surface area contributed by atoms with E-state index in [2.05, 4.69) is 48.7 Å². The fraction of sp³-hybridized carbons (Fsp3) is 0.719. The first-order chi connectivity index (χ1) is 17.9. The van der Waals surface area contributed by atoms with Crippen molar-refractivity contribution in [3.8, 4) is 0 Å². The van der Waals surface area contributed by atoms with E-state index in [-0.39, 0.29) is 23.2 Å². The van der Waals surface area contributed by atoms with Gasteiger partial charge in [0, 0.05) is 6.54 Å². The molecule has 6 atom stereocenters. The summed E-state index contributed by atoms with van der Waals surface area (Å²) in [7, 11) is 2.01. The number of nitrogens with two attached hydrogens (primary N) is 1. The summed E-state index contributed by atoms with van der Waals surface area (Å²) >= 11 is 0. The van der Waals surface area contributed by atoms with Crippen molar-refractivity contribution in [1.82, 2.24) is 5.32 Å². The third-order valence-corrected chi connectivity index (χ3v) is 8.81. The van der Waals surface area contributed by atoms with Gasteiger partial charge in [-0.2, -0.15) is 0 Å². The quantitative estimate of drug-likeness (QED) is 0.138. The Kier molecular flexibility index (Phi) is 14.5. The van der Waals surface area contributed by atoms with Crippen LogP contribution in [0.2, 0.25) is 0 Å². The molecular weight excluding hydrogens is 460 g/mol. The van der Waals surface area contributed by atoms with E-state index in [9.17, 15) is 15.0 Å². The summed E-state index contributed by atoms with van der Waals surface area (Å²) in [5.74, 6) is -1.42. The van der Waals surface area contributed by atoms with Crippen molar-refractivity contribution in [3.05, 3.63) is 48.0 Å². The Labute approximate surface area is 226 Å². The molecule has 5 nitrogen and oxygen atoms in total. The van der Waals surface area contributed by atoms with Crippen molar-refractivity contribution in [2.75, 3.05) is 20.1 Å². The number of hydrogen-bond donors (Lipinski definition) is 4. The van der Waals surface area contributed by atoms with Crippen molar-refractivity contribution in [1.29, 1.82) is 0 Å². The van der Waals surface area contributed by atoms with Crippen molar-refractivity contribution in [2.24, 2.45) is 34.8 Å². The Morgan fingerprint density at radius 3 is 2.46 bits per heavy atom. The number of carboxylic acids is 1. The average molecular weight is 515 g/mol. The lowest BCUT2D eigenvalue weighted by Gasteiger charge is -2.54. The maximum absolute atomic E-state index is 12.6. The number of benzene rings is 1. The van der Waals surface area contributed by atoms with Crippen LogP contribution in [0.5, 0.6) is 0 Å². The van der Waals surface area contributed by atoms with Gasteiger partial charge in [0.15, 0.2) is 0 Å². The van der Waals surface area contributed by atoms with Gasteiger partial charge in [0.1, 0.15) is 0 Å². The van der Waals surface area contributed by atoms with Crippen molar-refractivity contribution in [2.45, 2.75) is 97.0 Å². The van der Waals surface area contributed by atoms with Gasteiger partial charge in [-0.15, -0.1) is 0 Å². The summed E-state index contributed by atoms with van der Waals surface area (Å²) in [5.41, 5.74) is 7.42. The van der Waals surface area contributed by atoms with E-state index in [4.69, 9.17) is 5.73 Å². The zero-order valence-corrected chi connectivity index (χ0v) is 23.7. The van der Waals surface area contributed by atoms with Crippen molar-refractivity contribution in [3.63, 3.8) is 0 Å². The number of unbranched alkanes of at least 4 members (excludes halogenated alkanes) is 5. The summed E-state index contributed by atoms with van der Waals surface area (Å²) in [6.45, 7) is 5.29. The molecular formula is C32H54N2O3. The minimum atomic E-state index is -0.901. The molecule has 210 valence electrons. The first kappa shape index (κ1) is 31.5. The van der Waals surface area contributed by atoms with Crippen LogP contribution in [0.3, 0.4) is 0 Å². The van der Waals surface area contributed by atoms with Crippen LogP contribution in [0.15, 0.2) is 42.5 Å². The van der Waals surface area contributed by atoms with Crippen LogP contribution in [0.25, 0.3) is 0 Å². The average Bonchev–Trinajstić information content (AvgIpc) is 2.87. The Morgan fingerprint density at radius 1 is 1.16 bits per heavy atom. The van der Waals surface area contributed by atoms with Crippen LogP contribution in [0, 0.1) is 29.1 Å². The van der Waals surface area contributed by atoms with Gasteiger partial charge in [-0.25, -0.2) is 0 Å². The number of nitrogens with one attached hydrogen (secondary N) is 1. The van der Waals surface area contributed by atoms with E-state index in [1.54, 1.807) is 6.92 Å². The van der Waals surface area contributed by atoms with Gasteiger partial charge in [0.2, 0.25) is 0 Å². The third kappa shape index (κ3) is 9.53. The lowest BCUT2D eigenvalue weighted by molar-refractivity contribution is -0.156. The molecule has 0 spiro atoms. The lowest BCUT2D eigenvalue weighted by Crippen LogP contribution is -2.54. The zero-order valence-electron chi connectivity index (χ0n) is 23.7. The van der Waals surface area contributed by atoms with E-state index in [0.29, 0.717) is 6.54 Å². The Balaban J connectivity index is 2.27. The molecule has 0 aliphatic heterocycles. The fourth-order valence-corrected chi connectivity index (χ4v) is 7.12. The Bertz CT molecular complexity index is 781. The topological polar surface area (TPSA) is 95.6 Å². The van der Waals surface area contributed by atoms with Crippen LogP contribution < -0.4 is 11.1 Å². The maximum Gasteiger partial charge on any atom is 0.309 e. The molecule has 0 heterocycles. The smallest absolute Gasteiger partial charge is 0.309 e. The van der Waals surface area contributed by atoms with E-state index in [1.807, 2.05) is 13.1 Å². The van der Waals surface area contributed by atoms with Gasteiger partial charge in [-0.05, 0) is 107 Å². The van der Waals surface area contributed by atoms with Crippen molar-refractivity contribution >= 4 is 5.97 Å². The molecule has 2 rings (SSSR count). The predicted octanol–water partition coefficient (Wildman–Crippen LogP) is 6.20. The number of hydrogen-bond acceptors (Lipinski definition) is 4. The second-order valence-electron chi connectivity index (χ2n) is 11.5. The summed E-state index contributed by atoms with van der Waals surface area (Å²) < 4.78 is 0. The van der Waals surface area contributed by atoms with E-state index in [1.165, 1.54) is 31.2 Å². The highest BCUT2D eigenvalue weighted by Gasteiger charge is 2.52. The van der Waals surface area contributed by atoms with Gasteiger partial charge in [-0.3, -0.25) is 4.79 Å². The first-order valence-electron chi connectivity index (χ1n) is 14.8. The summed E-state index contributed by atoms with van der Waals surface area (Å²) in [6, 6.07) is 10.4. The summed E-state index contributed by atoms with van der Waals surface area (Å²) in [4.78, 5) is 12.6. The highest BCUT2D eigenvalue weighted by molar-refractivity contribution is 5.71. The molecule has 0 radical (unpaired) electrons. The molecule has 0 saturated heterocycles. The number of aliphatic hydroxyl groups is 1. The standard InChI is InChI=1S/C32H54N2O3/c1-4-5-6-7-8-9-10-11-15-20-32(24-34-3)21-18-27(23-26-16-13-12-14-17-26)30(28(32)19-22-33)29(25(2)35)31(36)37/h9-10,12-14,16-17,25,27-30,34-35H,4-8,11,15,18-24,33H2,1-3H3,(H,36,37)/b10-9-/t25-,27-,28-,29+,30-,32+/m0/s1. The molecule has 37 heavy (non-hydrogen) atoms. The minimum Gasteiger partial charge on any atom is -0.481 e. The highest BCUT2D eigenvalue weighted by Crippen LogP contribution is 2.54. The normalized spacial score (nSPS) is 25.8. The van der Waals surface area contributed by atoms with Crippen LogP contribution in [-0.2, 0) is 11.2 Å². The molecule has 1 fully saturated rings. The molecule has 1 saturated carbocycles. The van der Waals surface area contributed by atoms with E-state index >= 15 is 0 Å². The molecule has 1 aliphatic rings. The number of carbonyl (C=O) groups is 1. The molecule has 5 heteroatoms. The second-order valence-corrected chi connectivity index (χ2v) is 11.5. The molecule has 0 amide bonds. The zero-order chi connectivity index (χ0) is 27.1. The van der Waals surface area contributed by atoms with Crippen LogP contribution in [0.1, 0.15) is 90.0 Å². The number of carboxylic acid groups (broad SMARTS) is 1. The molecule has 0 bridgehead atoms. The van der Waals surface area contributed by atoms with Crippen molar-refractivity contribution < 1.29 is 15.0 Å². The van der Waals surface area contributed by atoms with Crippen LogP contribution in [0.4, 0.5) is 0 Å². The third-order valence-electron chi connectivity index (χ3n) is 8.81. The minimum absolute atomic E-state index is 0.0104. The van der Waals surface area contributed by atoms with Gasteiger partial charge in [0.05, 0.1) is 12.0 Å². The Morgan fingerprint density at radius 2 is 1.86 bits per heavy atom. The second kappa shape index (κ2) is 17.0. The molecule has 1 aromatic rings. The molecule has 0 unspecified atom stereocenters. The highest BCUT2D eigenvalue weighted by atomic mass is 16.4. The van der Waals surface area contributed by atoms with Gasteiger partial charge in [-0.1, -0.05) is 68.7 Å². The fourth-order valence-electron chi connectivity index (χ4n) is 7.12. The van der Waals surface area contributed by atoms with Gasteiger partial charge in [0.25, 0.3) is 0 Å². The SMILES string of the molecule is CCCCCC/C=C\CCC[C@]1(CNC)CC[C@@H](Cc2ccccc2)[C@H]([C@H](C(=O)O)[C@H](C)O)[C@@H]1CCN. The van der Waals surface area contributed by atoms with E-state index < -0.39 is 18.0 Å². The first-order valence-corrected chi connectivity index (χ1v) is 14.8. The summed E-state index contributed by atoms with van der Waals surface area (Å²) in [6.07, 6.45) is 17.0. The molecule has 1 aromatic carbocycles. The largest absolute Gasteiger partial charge is 0.481 e. The number of rotatable bonds is 18. The number of aliphatic hydroxyl groups excluding tert-OH is 1. The maximum atomic E-state index is 12.6. The van der Waals surface area contributed by atoms with Crippen LogP contribution >= 0.6 is 0 Å². The lowest BCUT2D eigenvalue weighted by atomic mass is 9.51. The van der Waals surface area contributed by atoms with Crippen LogP contribution in [-0.4, -0.2) is 42.4 Å². The number of aliphatic carboxylic acids is 1. The van der Waals surface area contributed by atoms with Gasteiger partial charge >= 0.3 is 5.97 Å². The Hall–Kier alpha value is -1.69. The van der Waals surface area contributed by atoms with E-state index in [0.717, 1.165) is 57.9 Å². The number of allylic oxidation sites excluding steroid dienone is 2. The molecule has 1 aliphatic carbocycles. The predicted molar refractivity (Wildman–Crippen MR) is 154 cm³/mol. The summed E-state index contributed by atoms with van der Waals surface area (Å²) in [5, 5.41) is 24.5.